The minimum atomic E-state index is -1.47. The molecule has 11 heteroatoms. The minimum absolute atomic E-state index is 0.124. The van der Waals surface area contributed by atoms with E-state index in [1.807, 2.05) is 0 Å². The molecule has 0 unspecified atom stereocenters. The maximum atomic E-state index is 14.1. The van der Waals surface area contributed by atoms with Crippen LogP contribution in [0.1, 0.15) is 31.0 Å². The van der Waals surface area contributed by atoms with E-state index in [4.69, 9.17) is 18.9 Å². The lowest BCUT2D eigenvalue weighted by Gasteiger charge is -2.50. The largest absolute Gasteiger partial charge is 0.479 e. The van der Waals surface area contributed by atoms with Crippen molar-refractivity contribution in [1.82, 2.24) is 0 Å². The number of aliphatic hydroxyl groups is 1. The van der Waals surface area contributed by atoms with Crippen LogP contribution in [0, 0.1) is 15.9 Å². The molecule has 2 aromatic carbocycles. The van der Waals surface area contributed by atoms with Crippen molar-refractivity contribution >= 4 is 17.3 Å². The van der Waals surface area contributed by atoms with Crippen molar-refractivity contribution in [2.24, 2.45) is 0 Å². The molecule has 2 aromatic rings. The van der Waals surface area contributed by atoms with Gasteiger partial charge in [0.15, 0.2) is 11.9 Å². The van der Waals surface area contributed by atoms with Crippen molar-refractivity contribution in [3.63, 3.8) is 0 Å². The SMILES string of the molecule is CCOC(=O)[C@H]1Cc2cc(F)ccc2N1[C@@H]1c2cc([N+](=O)[O-])ccc2O[C@](C)(C(OC)OC)[C@H]1O. The van der Waals surface area contributed by atoms with Crippen LogP contribution in [0.15, 0.2) is 36.4 Å². The zero-order valence-electron chi connectivity index (χ0n) is 19.8. The maximum Gasteiger partial charge on any atom is 0.329 e. The van der Waals surface area contributed by atoms with E-state index >= 15 is 0 Å². The summed E-state index contributed by atoms with van der Waals surface area (Å²) >= 11 is 0. The molecule has 0 radical (unpaired) electrons. The van der Waals surface area contributed by atoms with Crippen LogP contribution in [0.5, 0.6) is 5.75 Å². The Morgan fingerprint density at radius 3 is 2.66 bits per heavy atom. The number of rotatable bonds is 7. The third-order valence-electron chi connectivity index (χ3n) is 6.56. The topological polar surface area (TPSA) is 121 Å². The predicted octanol–water partition coefficient (Wildman–Crippen LogP) is 2.90. The Bertz CT molecular complexity index is 1140. The highest BCUT2D eigenvalue weighted by Crippen LogP contribution is 2.50. The number of halogens is 1. The highest BCUT2D eigenvalue weighted by molar-refractivity contribution is 5.84. The summed E-state index contributed by atoms with van der Waals surface area (Å²) in [5, 5.41) is 23.3. The van der Waals surface area contributed by atoms with Crippen LogP contribution in [-0.2, 0) is 25.4 Å². The second kappa shape index (κ2) is 9.40. The Labute approximate surface area is 201 Å². The number of anilines is 1. The predicted molar refractivity (Wildman–Crippen MR) is 122 cm³/mol. The highest BCUT2D eigenvalue weighted by Gasteiger charge is 2.56. The fourth-order valence-electron chi connectivity index (χ4n) is 5.03. The highest BCUT2D eigenvalue weighted by atomic mass is 19.1. The van der Waals surface area contributed by atoms with Crippen LogP contribution in [0.3, 0.4) is 0 Å². The fraction of sp³-hybridized carbons (Fsp3) is 0.458. The molecule has 10 nitrogen and oxygen atoms in total. The Morgan fingerprint density at radius 1 is 1.31 bits per heavy atom. The Morgan fingerprint density at radius 2 is 2.03 bits per heavy atom. The summed E-state index contributed by atoms with van der Waals surface area (Å²) in [4.78, 5) is 25.6. The number of nitro benzene ring substituents is 1. The van der Waals surface area contributed by atoms with Gasteiger partial charge in [0.2, 0.25) is 0 Å². The minimum Gasteiger partial charge on any atom is -0.479 e. The maximum absolute atomic E-state index is 14.1. The van der Waals surface area contributed by atoms with Crippen molar-refractivity contribution < 1.29 is 38.2 Å². The number of benzene rings is 2. The monoisotopic (exact) mass is 490 g/mol. The lowest BCUT2D eigenvalue weighted by molar-refractivity contribution is -0.385. The molecule has 4 rings (SSSR count). The average Bonchev–Trinajstić information content (AvgIpc) is 3.18. The zero-order valence-corrected chi connectivity index (χ0v) is 19.8. The van der Waals surface area contributed by atoms with E-state index in [0.717, 1.165) is 0 Å². The molecule has 0 saturated carbocycles. The van der Waals surface area contributed by atoms with Crippen molar-refractivity contribution in [3.8, 4) is 5.75 Å². The molecule has 0 aromatic heterocycles. The first kappa shape index (κ1) is 24.8. The van der Waals surface area contributed by atoms with Crippen LogP contribution in [0.4, 0.5) is 15.8 Å². The Kier molecular flexibility index (Phi) is 6.67. The summed E-state index contributed by atoms with van der Waals surface area (Å²) in [7, 11) is 2.79. The summed E-state index contributed by atoms with van der Waals surface area (Å²) in [5.41, 5.74) is -0.345. The average molecular weight is 490 g/mol. The number of hydrogen-bond donors (Lipinski definition) is 1. The molecule has 0 amide bonds. The number of carbonyl (C=O) groups excluding carboxylic acids is 1. The first-order valence-electron chi connectivity index (χ1n) is 11.1. The van der Waals surface area contributed by atoms with E-state index in [9.17, 15) is 24.4 Å². The second-order valence-electron chi connectivity index (χ2n) is 8.61. The number of methoxy groups -OCH3 is 2. The molecule has 0 saturated heterocycles. The van der Waals surface area contributed by atoms with Gasteiger partial charge in [-0.05, 0) is 43.7 Å². The number of aliphatic hydroxyl groups excluding tert-OH is 1. The van der Waals surface area contributed by atoms with Gasteiger partial charge in [0, 0.05) is 44.0 Å². The third kappa shape index (κ3) is 4.09. The molecular weight excluding hydrogens is 463 g/mol. The van der Waals surface area contributed by atoms with Crippen molar-refractivity contribution in [2.75, 3.05) is 25.7 Å². The molecule has 2 heterocycles. The lowest BCUT2D eigenvalue weighted by atomic mass is 9.83. The van der Waals surface area contributed by atoms with Crippen LogP contribution < -0.4 is 9.64 Å². The molecular formula is C24H27FN2O8. The smallest absolute Gasteiger partial charge is 0.329 e. The summed E-state index contributed by atoms with van der Waals surface area (Å²) < 4.78 is 36.3. The normalized spacial score (nSPS) is 25.1. The lowest BCUT2D eigenvalue weighted by Crippen LogP contribution is -2.63. The van der Waals surface area contributed by atoms with Crippen LogP contribution in [-0.4, -0.2) is 60.9 Å². The molecule has 188 valence electrons. The summed E-state index contributed by atoms with van der Waals surface area (Å²) in [6.07, 6.45) is -2.29. The summed E-state index contributed by atoms with van der Waals surface area (Å²) in [6.45, 7) is 3.39. The van der Waals surface area contributed by atoms with Gasteiger partial charge in [0.25, 0.3) is 5.69 Å². The zero-order chi connectivity index (χ0) is 25.5. The second-order valence-corrected chi connectivity index (χ2v) is 8.61. The number of hydrogen-bond acceptors (Lipinski definition) is 9. The first-order valence-corrected chi connectivity index (χ1v) is 11.1. The number of nitro groups is 1. The van der Waals surface area contributed by atoms with E-state index in [-0.39, 0.29) is 24.5 Å². The molecule has 0 spiro atoms. The molecule has 0 aliphatic carbocycles. The number of nitrogens with zero attached hydrogens (tertiary/aromatic N) is 2. The standard InChI is InChI=1S/C24H27FN2O8/c1-5-34-22(29)18-11-13-10-14(25)6-8-17(13)26(18)20-16-12-15(27(30)31)7-9-19(16)35-24(2,21(20)28)23(32-3)33-4/h6-10,12,18,20-21,23,28H,5,11H2,1-4H3/t18-,20-,21+,24+/m1/s1. The van der Waals surface area contributed by atoms with Crippen LogP contribution >= 0.6 is 0 Å². The van der Waals surface area contributed by atoms with Gasteiger partial charge in [-0.15, -0.1) is 0 Å². The van der Waals surface area contributed by atoms with Gasteiger partial charge >= 0.3 is 5.97 Å². The van der Waals surface area contributed by atoms with Crippen LogP contribution in [0.2, 0.25) is 0 Å². The van der Waals surface area contributed by atoms with E-state index < -0.39 is 46.8 Å². The molecule has 4 atom stereocenters. The molecule has 35 heavy (non-hydrogen) atoms. The van der Waals surface area contributed by atoms with E-state index in [1.54, 1.807) is 18.7 Å². The Hall–Kier alpha value is -3.28. The third-order valence-corrected chi connectivity index (χ3v) is 6.56. The van der Waals surface area contributed by atoms with Gasteiger partial charge in [-0.1, -0.05) is 0 Å². The summed E-state index contributed by atoms with van der Waals surface area (Å²) in [5.74, 6) is -0.780. The van der Waals surface area contributed by atoms with Gasteiger partial charge < -0.3 is 29.0 Å². The van der Waals surface area contributed by atoms with Crippen molar-refractivity contribution in [2.45, 2.75) is 50.3 Å². The van der Waals surface area contributed by atoms with E-state index in [2.05, 4.69) is 0 Å². The van der Waals surface area contributed by atoms with Crippen LogP contribution in [0.25, 0.3) is 0 Å². The van der Waals surface area contributed by atoms with Gasteiger partial charge in [0.1, 0.15) is 23.7 Å². The molecule has 2 aliphatic heterocycles. The van der Waals surface area contributed by atoms with Gasteiger partial charge in [-0.3, -0.25) is 10.1 Å². The van der Waals surface area contributed by atoms with Gasteiger partial charge in [-0.25, -0.2) is 9.18 Å². The molecule has 1 N–H and O–H groups in total. The molecule has 0 bridgehead atoms. The molecule has 0 fully saturated rings. The summed E-state index contributed by atoms with van der Waals surface area (Å²) in [6, 6.07) is 6.21. The fourth-order valence-corrected chi connectivity index (χ4v) is 5.03. The quantitative estimate of drug-likeness (QED) is 0.270. The van der Waals surface area contributed by atoms with Gasteiger partial charge in [-0.2, -0.15) is 0 Å². The number of ether oxygens (including phenoxy) is 4. The van der Waals surface area contributed by atoms with E-state index in [0.29, 0.717) is 16.8 Å². The number of fused-ring (bicyclic) bond motifs is 2. The first-order chi connectivity index (χ1) is 16.7. The molecule has 2 aliphatic rings. The number of esters is 1. The van der Waals surface area contributed by atoms with Gasteiger partial charge in [0.05, 0.1) is 17.6 Å². The number of non-ortho nitro benzene ring substituents is 1. The van der Waals surface area contributed by atoms with Crippen molar-refractivity contribution in [3.05, 3.63) is 63.5 Å². The number of carbonyl (C=O) groups is 1. The Balaban J connectivity index is 1.95. The van der Waals surface area contributed by atoms with Crippen molar-refractivity contribution in [1.29, 1.82) is 0 Å². The van der Waals surface area contributed by atoms with E-state index in [1.165, 1.54) is 50.6 Å².